The molecule has 5 heteroatoms. The largest absolute Gasteiger partial charge is 0.384 e. The quantitative estimate of drug-likeness (QED) is 0.767. The van der Waals surface area contributed by atoms with E-state index in [2.05, 4.69) is 26.7 Å². The van der Waals surface area contributed by atoms with E-state index in [1.165, 1.54) is 57.4 Å². The van der Waals surface area contributed by atoms with Crippen molar-refractivity contribution in [2.75, 3.05) is 39.9 Å². The third-order valence-corrected chi connectivity index (χ3v) is 5.73. The van der Waals surface area contributed by atoms with Crippen LogP contribution in [0.5, 0.6) is 0 Å². The summed E-state index contributed by atoms with van der Waals surface area (Å²) in [7, 11) is 1.71. The lowest BCUT2D eigenvalue weighted by molar-refractivity contribution is 0.108. The molecule has 2 fully saturated rings. The molecule has 2 saturated heterocycles. The van der Waals surface area contributed by atoms with Crippen LogP contribution in [0.15, 0.2) is 12.4 Å². The number of methoxy groups -OCH3 is 1. The third-order valence-electron chi connectivity index (χ3n) is 5.73. The average molecular weight is 332 g/mol. The first-order valence-corrected chi connectivity index (χ1v) is 9.51. The van der Waals surface area contributed by atoms with E-state index in [9.17, 15) is 0 Å². The Bertz CT molecular complexity index is 479. The van der Waals surface area contributed by atoms with Gasteiger partial charge in [-0.1, -0.05) is 0 Å². The third kappa shape index (κ3) is 4.74. The average Bonchev–Trinajstić information content (AvgIpc) is 3.16. The summed E-state index contributed by atoms with van der Waals surface area (Å²) < 4.78 is 5.07. The fourth-order valence-corrected chi connectivity index (χ4v) is 4.08. The van der Waals surface area contributed by atoms with Crippen molar-refractivity contribution >= 4 is 0 Å². The number of nitrogens with zero attached hydrogens (tertiary/aromatic N) is 4. The zero-order chi connectivity index (χ0) is 16.8. The van der Waals surface area contributed by atoms with Gasteiger partial charge in [-0.05, 0) is 64.7 Å². The topological polar surface area (TPSA) is 41.5 Å². The zero-order valence-electron chi connectivity index (χ0n) is 15.3. The molecule has 1 unspecified atom stereocenters. The molecule has 0 amide bonds. The Morgan fingerprint density at radius 1 is 1.12 bits per heavy atom. The number of likely N-dealkylation sites (tertiary alicyclic amines) is 2. The highest BCUT2D eigenvalue weighted by atomic mass is 16.5. The van der Waals surface area contributed by atoms with Gasteiger partial charge in [0, 0.05) is 44.1 Å². The molecule has 1 atom stereocenters. The normalized spacial score (nSPS) is 22.1. The molecule has 3 rings (SSSR count). The Morgan fingerprint density at radius 2 is 1.79 bits per heavy atom. The summed E-state index contributed by atoms with van der Waals surface area (Å²) in [6.07, 6.45) is 10.2. The van der Waals surface area contributed by atoms with Crippen molar-refractivity contribution < 1.29 is 4.74 Å². The minimum absolute atomic E-state index is 0.683. The van der Waals surface area contributed by atoms with Gasteiger partial charge in [0.05, 0.1) is 6.61 Å². The van der Waals surface area contributed by atoms with Gasteiger partial charge in [-0.2, -0.15) is 0 Å². The molecule has 0 radical (unpaired) electrons. The second-order valence-corrected chi connectivity index (χ2v) is 7.35. The van der Waals surface area contributed by atoms with Gasteiger partial charge in [0.15, 0.2) is 0 Å². The van der Waals surface area contributed by atoms with Crippen molar-refractivity contribution in [1.29, 1.82) is 0 Å². The molecule has 1 aromatic rings. The van der Waals surface area contributed by atoms with E-state index >= 15 is 0 Å². The zero-order valence-corrected chi connectivity index (χ0v) is 15.3. The van der Waals surface area contributed by atoms with Crippen LogP contribution >= 0.6 is 0 Å². The van der Waals surface area contributed by atoms with Gasteiger partial charge in [-0.25, -0.2) is 9.97 Å². The lowest BCUT2D eigenvalue weighted by Gasteiger charge is -2.38. The molecule has 0 saturated carbocycles. The van der Waals surface area contributed by atoms with Gasteiger partial charge in [-0.15, -0.1) is 0 Å². The Hall–Kier alpha value is -1.04. The second kappa shape index (κ2) is 8.88. The predicted molar refractivity (Wildman–Crippen MR) is 95.9 cm³/mol. The number of hydrogen-bond donors (Lipinski definition) is 0. The Labute approximate surface area is 146 Å². The molecule has 2 aliphatic rings. The van der Waals surface area contributed by atoms with Crippen LogP contribution in [0.4, 0.5) is 0 Å². The summed E-state index contributed by atoms with van der Waals surface area (Å²) in [5.41, 5.74) is 1.22. The smallest absolute Gasteiger partial charge is 0.130 e. The maximum atomic E-state index is 5.07. The van der Waals surface area contributed by atoms with Crippen molar-refractivity contribution in [3.63, 3.8) is 0 Å². The van der Waals surface area contributed by atoms with Gasteiger partial charge >= 0.3 is 0 Å². The minimum Gasteiger partial charge on any atom is -0.384 e. The standard InChI is InChI=1S/C19H32N4O/c1-16(23-8-3-4-9-23)18-5-10-22(11-6-18)15-17-13-20-19(21-14-17)7-12-24-2/h13-14,16,18H,3-12,15H2,1-2H3. The van der Waals surface area contributed by atoms with Crippen LogP contribution in [0, 0.1) is 5.92 Å². The summed E-state index contributed by atoms with van der Waals surface area (Å²) in [4.78, 5) is 14.2. The minimum atomic E-state index is 0.683. The molecule has 0 bridgehead atoms. The maximum absolute atomic E-state index is 5.07. The van der Waals surface area contributed by atoms with Crippen LogP contribution in [0.2, 0.25) is 0 Å². The number of rotatable bonds is 7. The summed E-state index contributed by atoms with van der Waals surface area (Å²) in [6, 6.07) is 0.762. The maximum Gasteiger partial charge on any atom is 0.130 e. The Morgan fingerprint density at radius 3 is 2.42 bits per heavy atom. The summed E-state index contributed by atoms with van der Waals surface area (Å²) in [5, 5.41) is 0. The number of ether oxygens (including phenoxy) is 1. The molecule has 0 spiro atoms. The van der Waals surface area contributed by atoms with E-state index in [4.69, 9.17) is 4.74 Å². The van der Waals surface area contributed by atoms with E-state index in [-0.39, 0.29) is 0 Å². The van der Waals surface area contributed by atoms with Crippen LogP contribution < -0.4 is 0 Å². The van der Waals surface area contributed by atoms with Gasteiger partial charge in [0.1, 0.15) is 5.82 Å². The highest BCUT2D eigenvalue weighted by Crippen LogP contribution is 2.26. The SMILES string of the molecule is COCCc1ncc(CN2CCC(C(C)N3CCCC3)CC2)cn1. The van der Waals surface area contributed by atoms with E-state index in [0.29, 0.717) is 6.61 Å². The highest BCUT2D eigenvalue weighted by molar-refractivity contribution is 5.05. The molecule has 2 aliphatic heterocycles. The molecule has 1 aromatic heterocycles. The first-order chi connectivity index (χ1) is 11.8. The van der Waals surface area contributed by atoms with Crippen LogP contribution in [0.25, 0.3) is 0 Å². The first kappa shape index (κ1) is 17.8. The molecule has 0 N–H and O–H groups in total. The molecule has 0 aromatic carbocycles. The summed E-state index contributed by atoms with van der Waals surface area (Å²) >= 11 is 0. The molecule has 24 heavy (non-hydrogen) atoms. The van der Waals surface area contributed by atoms with Gasteiger partial charge < -0.3 is 9.64 Å². The molecule has 5 nitrogen and oxygen atoms in total. The van der Waals surface area contributed by atoms with Crippen molar-refractivity contribution in [2.45, 2.75) is 51.6 Å². The fourth-order valence-electron chi connectivity index (χ4n) is 4.08. The molecular weight excluding hydrogens is 300 g/mol. The van der Waals surface area contributed by atoms with E-state index in [1.807, 2.05) is 12.4 Å². The highest BCUT2D eigenvalue weighted by Gasteiger charge is 2.28. The summed E-state index contributed by atoms with van der Waals surface area (Å²) in [6.45, 7) is 9.14. The Kier molecular flexibility index (Phi) is 6.58. The lowest BCUT2D eigenvalue weighted by atomic mass is 9.89. The predicted octanol–water partition coefficient (Wildman–Crippen LogP) is 2.36. The monoisotopic (exact) mass is 332 g/mol. The second-order valence-electron chi connectivity index (χ2n) is 7.35. The summed E-state index contributed by atoms with van der Waals surface area (Å²) in [5.74, 6) is 1.74. The van der Waals surface area contributed by atoms with Crippen LogP contribution in [-0.2, 0) is 17.7 Å². The van der Waals surface area contributed by atoms with Crippen molar-refractivity contribution in [3.8, 4) is 0 Å². The van der Waals surface area contributed by atoms with E-state index in [0.717, 1.165) is 30.7 Å². The van der Waals surface area contributed by atoms with Crippen molar-refractivity contribution in [3.05, 3.63) is 23.8 Å². The van der Waals surface area contributed by atoms with Crippen LogP contribution in [0.3, 0.4) is 0 Å². The first-order valence-electron chi connectivity index (χ1n) is 9.51. The molecule has 3 heterocycles. The number of aromatic nitrogens is 2. The van der Waals surface area contributed by atoms with Gasteiger partial charge in [-0.3, -0.25) is 4.90 Å². The fraction of sp³-hybridized carbons (Fsp3) is 0.789. The van der Waals surface area contributed by atoms with Crippen molar-refractivity contribution in [2.24, 2.45) is 5.92 Å². The number of piperidine rings is 1. The van der Waals surface area contributed by atoms with E-state index in [1.54, 1.807) is 7.11 Å². The number of hydrogen-bond acceptors (Lipinski definition) is 5. The molecular formula is C19H32N4O. The Balaban J connectivity index is 1.43. The molecule has 134 valence electrons. The van der Waals surface area contributed by atoms with E-state index < -0.39 is 0 Å². The molecule has 0 aliphatic carbocycles. The lowest BCUT2D eigenvalue weighted by Crippen LogP contribution is -2.42. The van der Waals surface area contributed by atoms with Crippen molar-refractivity contribution in [1.82, 2.24) is 19.8 Å². The van der Waals surface area contributed by atoms with Gasteiger partial charge in [0.2, 0.25) is 0 Å². The van der Waals surface area contributed by atoms with Crippen LogP contribution in [-0.4, -0.2) is 65.7 Å². The van der Waals surface area contributed by atoms with Crippen LogP contribution in [0.1, 0.15) is 44.0 Å². The van der Waals surface area contributed by atoms with Gasteiger partial charge in [0.25, 0.3) is 0 Å².